The largest absolute Gasteiger partial charge is 0.336 e. The van der Waals surface area contributed by atoms with Gasteiger partial charge in [-0.1, -0.05) is 91.0 Å². The molecule has 144 valence electrons. The number of hydrogen-bond donors (Lipinski definition) is 2. The van der Waals surface area contributed by atoms with Gasteiger partial charge >= 0.3 is 6.03 Å². The first kappa shape index (κ1) is 19.6. The molecule has 0 fully saturated rings. The lowest BCUT2D eigenvalue weighted by Gasteiger charge is -2.26. The van der Waals surface area contributed by atoms with Gasteiger partial charge in [0.15, 0.2) is 0 Å². The summed E-state index contributed by atoms with van der Waals surface area (Å²) < 4.78 is 0. The van der Waals surface area contributed by atoms with Crippen LogP contribution < -0.4 is 10.6 Å². The van der Waals surface area contributed by atoms with Crippen LogP contribution in [-0.2, 0) is 0 Å². The number of carbonyl (C=O) groups excluding carboxylic acids is 1. The van der Waals surface area contributed by atoms with Gasteiger partial charge in [0.1, 0.15) is 0 Å². The molecule has 0 radical (unpaired) electrons. The van der Waals surface area contributed by atoms with Gasteiger partial charge < -0.3 is 15.5 Å². The summed E-state index contributed by atoms with van der Waals surface area (Å²) in [5.74, 6) is 0. The van der Waals surface area contributed by atoms with Crippen molar-refractivity contribution in [3.8, 4) is 0 Å². The maximum absolute atomic E-state index is 12.7. The summed E-state index contributed by atoms with van der Waals surface area (Å²) in [5, 5.41) is 6.17. The molecular formula is C24H27N3O. The Morgan fingerprint density at radius 3 is 1.61 bits per heavy atom. The van der Waals surface area contributed by atoms with Gasteiger partial charge in [-0.05, 0) is 30.8 Å². The van der Waals surface area contributed by atoms with Gasteiger partial charge in [0.05, 0.1) is 12.1 Å². The fraction of sp³-hybridized carbons (Fsp3) is 0.208. The second-order valence-corrected chi connectivity index (χ2v) is 7.00. The standard InChI is InChI=1S/C24H27N3O/c1-27(2)22(19-12-6-3-7-13-19)18-25-24(28)26-23(20-14-8-4-9-15-20)21-16-10-5-11-17-21/h3-17,22-23H,18H2,1-2H3,(H2,25,26,28)/t22-/m1/s1. The third kappa shape index (κ3) is 5.21. The van der Waals surface area contributed by atoms with Crippen LogP contribution in [0.25, 0.3) is 0 Å². The fourth-order valence-electron chi connectivity index (χ4n) is 3.30. The summed E-state index contributed by atoms with van der Waals surface area (Å²) in [6, 6.07) is 30.0. The monoisotopic (exact) mass is 373 g/mol. The summed E-state index contributed by atoms with van der Waals surface area (Å²) in [7, 11) is 4.04. The molecule has 28 heavy (non-hydrogen) atoms. The van der Waals surface area contributed by atoms with Crippen molar-refractivity contribution >= 4 is 6.03 Å². The van der Waals surface area contributed by atoms with Crippen LogP contribution in [0.15, 0.2) is 91.0 Å². The van der Waals surface area contributed by atoms with Crippen molar-refractivity contribution in [1.82, 2.24) is 15.5 Å². The molecule has 2 N–H and O–H groups in total. The van der Waals surface area contributed by atoms with Crippen LogP contribution in [-0.4, -0.2) is 31.6 Å². The van der Waals surface area contributed by atoms with E-state index in [1.807, 2.05) is 93.0 Å². The van der Waals surface area contributed by atoms with Gasteiger partial charge in [0, 0.05) is 6.54 Å². The molecule has 0 aliphatic carbocycles. The average molecular weight is 374 g/mol. The Morgan fingerprint density at radius 2 is 1.18 bits per heavy atom. The van der Waals surface area contributed by atoms with E-state index in [-0.39, 0.29) is 18.1 Å². The molecule has 3 aromatic carbocycles. The first-order valence-corrected chi connectivity index (χ1v) is 9.51. The predicted molar refractivity (Wildman–Crippen MR) is 114 cm³/mol. The van der Waals surface area contributed by atoms with Crippen molar-refractivity contribution in [3.63, 3.8) is 0 Å². The molecule has 0 bridgehead atoms. The minimum atomic E-state index is -0.197. The maximum Gasteiger partial charge on any atom is 0.315 e. The summed E-state index contributed by atoms with van der Waals surface area (Å²) in [4.78, 5) is 14.8. The first-order valence-electron chi connectivity index (χ1n) is 9.51. The van der Waals surface area contributed by atoms with Gasteiger partial charge in [-0.3, -0.25) is 0 Å². The van der Waals surface area contributed by atoms with Gasteiger partial charge in [-0.15, -0.1) is 0 Å². The van der Waals surface area contributed by atoms with Crippen molar-refractivity contribution in [1.29, 1.82) is 0 Å². The highest BCUT2D eigenvalue weighted by Crippen LogP contribution is 2.22. The lowest BCUT2D eigenvalue weighted by molar-refractivity contribution is 0.230. The number of rotatable bonds is 7. The SMILES string of the molecule is CN(C)[C@H](CNC(=O)NC(c1ccccc1)c1ccccc1)c1ccccc1. The maximum atomic E-state index is 12.7. The summed E-state index contributed by atoms with van der Waals surface area (Å²) >= 11 is 0. The third-order valence-corrected chi connectivity index (χ3v) is 4.80. The van der Waals surface area contributed by atoms with E-state index in [0.717, 1.165) is 11.1 Å². The van der Waals surface area contributed by atoms with E-state index in [0.29, 0.717) is 6.54 Å². The smallest absolute Gasteiger partial charge is 0.315 e. The van der Waals surface area contributed by atoms with Crippen LogP contribution in [0.4, 0.5) is 4.79 Å². The van der Waals surface area contributed by atoms with Crippen molar-refractivity contribution in [2.45, 2.75) is 12.1 Å². The lowest BCUT2D eigenvalue weighted by atomic mass is 9.99. The van der Waals surface area contributed by atoms with Crippen LogP contribution in [0.2, 0.25) is 0 Å². The number of carbonyl (C=O) groups is 1. The van der Waals surface area contributed by atoms with Crippen molar-refractivity contribution in [2.75, 3.05) is 20.6 Å². The van der Waals surface area contributed by atoms with E-state index >= 15 is 0 Å². The molecule has 2 amide bonds. The topological polar surface area (TPSA) is 44.4 Å². The predicted octanol–water partition coefficient (Wildman–Crippen LogP) is 4.38. The van der Waals surface area contributed by atoms with Crippen molar-refractivity contribution < 1.29 is 4.79 Å². The van der Waals surface area contributed by atoms with Crippen molar-refractivity contribution in [3.05, 3.63) is 108 Å². The van der Waals surface area contributed by atoms with E-state index in [1.165, 1.54) is 5.56 Å². The highest BCUT2D eigenvalue weighted by atomic mass is 16.2. The summed E-state index contributed by atoms with van der Waals surface area (Å²) in [5.41, 5.74) is 3.28. The van der Waals surface area contributed by atoms with E-state index in [1.54, 1.807) is 0 Å². The number of urea groups is 1. The number of likely N-dealkylation sites (N-methyl/N-ethyl adjacent to an activating group) is 1. The van der Waals surface area contributed by atoms with E-state index in [4.69, 9.17) is 0 Å². The molecule has 4 heteroatoms. The summed E-state index contributed by atoms with van der Waals surface area (Å²) in [6.07, 6.45) is 0. The van der Waals surface area contributed by atoms with Crippen LogP contribution in [0, 0.1) is 0 Å². The van der Waals surface area contributed by atoms with E-state index in [2.05, 4.69) is 27.7 Å². The number of hydrogen-bond acceptors (Lipinski definition) is 2. The number of benzene rings is 3. The third-order valence-electron chi connectivity index (χ3n) is 4.80. The van der Waals surface area contributed by atoms with E-state index < -0.39 is 0 Å². The average Bonchev–Trinajstić information content (AvgIpc) is 2.74. The second-order valence-electron chi connectivity index (χ2n) is 7.00. The van der Waals surface area contributed by atoms with Gasteiger partial charge in [-0.25, -0.2) is 4.79 Å². The Hall–Kier alpha value is -3.11. The van der Waals surface area contributed by atoms with Crippen LogP contribution in [0.5, 0.6) is 0 Å². The molecule has 1 atom stereocenters. The Morgan fingerprint density at radius 1 is 0.750 bits per heavy atom. The Balaban J connectivity index is 1.70. The highest BCUT2D eigenvalue weighted by molar-refractivity contribution is 5.75. The molecule has 3 rings (SSSR count). The van der Waals surface area contributed by atoms with E-state index in [9.17, 15) is 4.79 Å². The van der Waals surface area contributed by atoms with Gasteiger partial charge in [-0.2, -0.15) is 0 Å². The first-order chi connectivity index (χ1) is 13.6. The van der Waals surface area contributed by atoms with Crippen LogP contribution in [0.3, 0.4) is 0 Å². The van der Waals surface area contributed by atoms with Crippen LogP contribution >= 0.6 is 0 Å². The molecule has 3 aromatic rings. The highest BCUT2D eigenvalue weighted by Gasteiger charge is 2.19. The zero-order valence-electron chi connectivity index (χ0n) is 16.4. The molecule has 0 aliphatic heterocycles. The lowest BCUT2D eigenvalue weighted by Crippen LogP contribution is -2.42. The minimum absolute atomic E-state index is 0.110. The Bertz CT molecular complexity index is 811. The zero-order valence-corrected chi connectivity index (χ0v) is 16.4. The fourth-order valence-corrected chi connectivity index (χ4v) is 3.30. The molecule has 0 unspecified atom stereocenters. The normalized spacial score (nSPS) is 12.0. The number of nitrogens with zero attached hydrogens (tertiary/aromatic N) is 1. The zero-order chi connectivity index (χ0) is 19.8. The number of amides is 2. The molecule has 0 spiro atoms. The van der Waals surface area contributed by atoms with Gasteiger partial charge in [0.25, 0.3) is 0 Å². The van der Waals surface area contributed by atoms with Gasteiger partial charge in [0.2, 0.25) is 0 Å². The molecule has 0 heterocycles. The van der Waals surface area contributed by atoms with Crippen molar-refractivity contribution in [2.24, 2.45) is 0 Å². The molecule has 0 aliphatic rings. The molecular weight excluding hydrogens is 346 g/mol. The molecule has 4 nitrogen and oxygen atoms in total. The molecule has 0 aromatic heterocycles. The second kappa shape index (κ2) is 9.72. The molecule has 0 saturated heterocycles. The molecule has 0 saturated carbocycles. The minimum Gasteiger partial charge on any atom is -0.336 e. The summed E-state index contributed by atoms with van der Waals surface area (Å²) in [6.45, 7) is 0.527. The number of nitrogens with one attached hydrogen (secondary N) is 2. The quantitative estimate of drug-likeness (QED) is 0.646. The van der Waals surface area contributed by atoms with Crippen LogP contribution in [0.1, 0.15) is 28.8 Å². The Kier molecular flexibility index (Phi) is 6.82. The Labute approximate surface area is 167 Å².